The van der Waals surface area contributed by atoms with Gasteiger partial charge in [-0.2, -0.15) is 0 Å². The number of aliphatic hydroxyl groups is 1. The second kappa shape index (κ2) is 8.88. The molecule has 1 aliphatic heterocycles. The Kier molecular flexibility index (Phi) is 6.32. The molecule has 2 aromatic rings. The van der Waals surface area contributed by atoms with Crippen LogP contribution in [0.2, 0.25) is 0 Å². The molecule has 0 saturated carbocycles. The highest BCUT2D eigenvalue weighted by molar-refractivity contribution is 8.04. The first kappa shape index (κ1) is 19.2. The minimum atomic E-state index is -0.515. The zero-order chi connectivity index (χ0) is 19.1. The van der Waals surface area contributed by atoms with Crippen molar-refractivity contribution in [2.75, 3.05) is 19.8 Å². The highest BCUT2D eigenvalue weighted by atomic mass is 32.2. The van der Waals surface area contributed by atoms with Crippen molar-refractivity contribution in [3.63, 3.8) is 0 Å². The number of hydrogen-bond acceptors (Lipinski definition) is 6. The first-order chi connectivity index (χ1) is 13.2. The lowest BCUT2D eigenvalue weighted by Crippen LogP contribution is -2.34. The van der Waals surface area contributed by atoms with Gasteiger partial charge in [0.1, 0.15) is 24.7 Å². The lowest BCUT2D eigenvalue weighted by Gasteiger charge is -2.26. The van der Waals surface area contributed by atoms with E-state index in [-0.39, 0.29) is 13.2 Å². The van der Waals surface area contributed by atoms with E-state index in [4.69, 9.17) is 9.47 Å². The van der Waals surface area contributed by atoms with Gasteiger partial charge in [-0.05, 0) is 30.7 Å². The van der Waals surface area contributed by atoms with E-state index < -0.39 is 4.75 Å². The van der Waals surface area contributed by atoms with Crippen LogP contribution in [0, 0.1) is 0 Å². The second-order valence-corrected chi connectivity index (χ2v) is 7.80. The number of carbonyl (C=O) groups is 2. The molecule has 6 heteroatoms. The van der Waals surface area contributed by atoms with Crippen molar-refractivity contribution in [3.05, 3.63) is 70.6 Å². The molecule has 0 bridgehead atoms. The van der Waals surface area contributed by atoms with Crippen LogP contribution in [-0.4, -0.2) is 42.2 Å². The fraction of sp³-hybridized carbons (Fsp3) is 0.238. The third-order valence-corrected chi connectivity index (χ3v) is 5.68. The van der Waals surface area contributed by atoms with Crippen LogP contribution in [0.25, 0.3) is 0 Å². The van der Waals surface area contributed by atoms with Crippen LogP contribution in [0.4, 0.5) is 0 Å². The second-order valence-electron chi connectivity index (χ2n) is 6.21. The van der Waals surface area contributed by atoms with Crippen molar-refractivity contribution >= 4 is 24.3 Å². The quantitative estimate of drug-likeness (QED) is 0.667. The van der Waals surface area contributed by atoms with Gasteiger partial charge >= 0.3 is 0 Å². The molecular formula is C21H20O5S. The molecule has 5 nitrogen and oxygen atoms in total. The minimum Gasteiger partial charge on any atom is -0.491 e. The highest BCUT2D eigenvalue weighted by Crippen LogP contribution is 2.42. The summed E-state index contributed by atoms with van der Waals surface area (Å²) >= 11 is 1.51. The molecule has 27 heavy (non-hydrogen) atoms. The van der Waals surface area contributed by atoms with Crippen LogP contribution in [0.15, 0.2) is 59.5 Å². The summed E-state index contributed by atoms with van der Waals surface area (Å²) in [7, 11) is 0. The number of carbonyl (C=O) groups excluding carboxylic acids is 2. The average molecular weight is 384 g/mol. The van der Waals surface area contributed by atoms with E-state index in [0.29, 0.717) is 35.7 Å². The standard InChI is InChI=1S/C21H20O5S/c22-11-16-5-1-3-7-19(16)25-13-18-9-10-21(14-24,27-18)15-26-20-8-4-2-6-17(20)12-23/h1-9,11-12,24H,10,13-15H2. The van der Waals surface area contributed by atoms with Gasteiger partial charge in [0, 0.05) is 4.91 Å². The molecule has 0 amide bonds. The van der Waals surface area contributed by atoms with E-state index in [9.17, 15) is 14.7 Å². The van der Waals surface area contributed by atoms with Crippen molar-refractivity contribution in [2.45, 2.75) is 11.2 Å². The third-order valence-electron chi connectivity index (χ3n) is 4.29. The molecule has 2 aromatic carbocycles. The average Bonchev–Trinajstić information content (AvgIpc) is 3.15. The molecule has 0 radical (unpaired) electrons. The monoisotopic (exact) mass is 384 g/mol. The van der Waals surface area contributed by atoms with E-state index in [1.807, 2.05) is 12.1 Å². The lowest BCUT2D eigenvalue weighted by atomic mass is 10.1. The number of para-hydroxylation sites is 2. The van der Waals surface area contributed by atoms with E-state index in [0.717, 1.165) is 17.5 Å². The largest absolute Gasteiger partial charge is 0.491 e. The Balaban J connectivity index is 1.59. The minimum absolute atomic E-state index is 0.0636. The van der Waals surface area contributed by atoms with Crippen molar-refractivity contribution in [1.29, 1.82) is 0 Å². The van der Waals surface area contributed by atoms with Crippen LogP contribution >= 0.6 is 11.8 Å². The Labute approximate surface area is 162 Å². The summed E-state index contributed by atoms with van der Waals surface area (Å²) in [5, 5.41) is 9.92. The Hall–Kier alpha value is -2.57. The van der Waals surface area contributed by atoms with Crippen LogP contribution in [0.1, 0.15) is 27.1 Å². The molecule has 0 spiro atoms. The molecule has 1 unspecified atom stereocenters. The first-order valence-electron chi connectivity index (χ1n) is 8.52. The van der Waals surface area contributed by atoms with Crippen LogP contribution in [0.3, 0.4) is 0 Å². The Morgan fingerprint density at radius 3 is 2.15 bits per heavy atom. The number of allylic oxidation sites excluding steroid dienone is 1. The summed E-state index contributed by atoms with van der Waals surface area (Å²) in [6.07, 6.45) is 4.16. The van der Waals surface area contributed by atoms with Gasteiger partial charge in [0.25, 0.3) is 0 Å². The zero-order valence-corrected chi connectivity index (χ0v) is 15.5. The number of rotatable bonds is 9. The normalized spacial score (nSPS) is 18.6. The summed E-state index contributed by atoms with van der Waals surface area (Å²) in [6.45, 7) is 0.526. The third kappa shape index (κ3) is 4.59. The number of aliphatic hydroxyl groups excluding tert-OH is 1. The molecule has 1 heterocycles. The predicted molar refractivity (Wildman–Crippen MR) is 105 cm³/mol. The van der Waals surface area contributed by atoms with Crippen LogP contribution in [0.5, 0.6) is 11.5 Å². The summed E-state index contributed by atoms with van der Waals surface area (Å²) in [6, 6.07) is 14.1. The van der Waals surface area contributed by atoms with Gasteiger partial charge in [-0.3, -0.25) is 9.59 Å². The lowest BCUT2D eigenvalue weighted by molar-refractivity contribution is 0.111. The molecule has 0 aliphatic carbocycles. The summed E-state index contributed by atoms with van der Waals surface area (Å²) < 4.78 is 11.1. The maximum atomic E-state index is 11.1. The van der Waals surface area contributed by atoms with Gasteiger partial charge in [-0.15, -0.1) is 11.8 Å². The summed E-state index contributed by atoms with van der Waals surface area (Å²) in [5.74, 6) is 1.04. The van der Waals surface area contributed by atoms with Gasteiger partial charge in [0.05, 0.1) is 22.5 Å². The van der Waals surface area contributed by atoms with E-state index >= 15 is 0 Å². The van der Waals surface area contributed by atoms with Gasteiger partial charge in [-0.1, -0.05) is 30.3 Å². The first-order valence-corrected chi connectivity index (χ1v) is 9.34. The van der Waals surface area contributed by atoms with Crippen molar-refractivity contribution in [2.24, 2.45) is 0 Å². The molecule has 3 rings (SSSR count). The van der Waals surface area contributed by atoms with Crippen molar-refractivity contribution in [1.82, 2.24) is 0 Å². The summed E-state index contributed by atoms with van der Waals surface area (Å²) in [4.78, 5) is 23.2. The van der Waals surface area contributed by atoms with Crippen LogP contribution < -0.4 is 9.47 Å². The maximum absolute atomic E-state index is 11.1. The topological polar surface area (TPSA) is 72.8 Å². The smallest absolute Gasteiger partial charge is 0.153 e. The van der Waals surface area contributed by atoms with Crippen LogP contribution in [-0.2, 0) is 0 Å². The highest BCUT2D eigenvalue weighted by Gasteiger charge is 2.36. The van der Waals surface area contributed by atoms with Gasteiger partial charge < -0.3 is 14.6 Å². The molecule has 0 fully saturated rings. The molecule has 1 atom stereocenters. The molecular weight excluding hydrogens is 364 g/mol. The number of hydrogen-bond donors (Lipinski definition) is 1. The number of benzene rings is 2. The van der Waals surface area contributed by atoms with Gasteiger partial charge in [0.15, 0.2) is 12.6 Å². The molecule has 0 aromatic heterocycles. The Morgan fingerprint density at radius 2 is 1.56 bits per heavy atom. The fourth-order valence-electron chi connectivity index (χ4n) is 2.76. The van der Waals surface area contributed by atoms with Crippen molar-refractivity contribution in [3.8, 4) is 11.5 Å². The summed E-state index contributed by atoms with van der Waals surface area (Å²) in [5.41, 5.74) is 0.985. The van der Waals surface area contributed by atoms with Gasteiger partial charge in [-0.25, -0.2) is 0 Å². The van der Waals surface area contributed by atoms with E-state index in [1.54, 1.807) is 42.5 Å². The van der Waals surface area contributed by atoms with E-state index in [1.165, 1.54) is 11.8 Å². The molecule has 0 saturated heterocycles. The van der Waals surface area contributed by atoms with E-state index in [2.05, 4.69) is 0 Å². The number of aldehydes is 2. The molecule has 1 N–H and O–H groups in total. The maximum Gasteiger partial charge on any atom is 0.153 e. The molecule has 1 aliphatic rings. The van der Waals surface area contributed by atoms with Crippen molar-refractivity contribution < 1.29 is 24.2 Å². The number of ether oxygens (including phenoxy) is 2. The predicted octanol–water partition coefficient (Wildman–Crippen LogP) is 3.52. The number of thioether (sulfide) groups is 1. The fourth-order valence-corrected chi connectivity index (χ4v) is 3.95. The molecule has 140 valence electrons. The Bertz CT molecular complexity index is 848. The zero-order valence-electron chi connectivity index (χ0n) is 14.7. The SMILES string of the molecule is O=Cc1ccccc1OCC1=CCC(CO)(COc2ccccc2C=O)S1. The van der Waals surface area contributed by atoms with Gasteiger partial charge in [0.2, 0.25) is 0 Å². The Morgan fingerprint density at radius 1 is 0.963 bits per heavy atom.